The van der Waals surface area contributed by atoms with Crippen molar-refractivity contribution in [3.05, 3.63) is 60.3 Å². The second-order valence-corrected chi connectivity index (χ2v) is 6.50. The summed E-state index contributed by atoms with van der Waals surface area (Å²) in [5.74, 6) is 0. The number of benzene rings is 2. The fourth-order valence-corrected chi connectivity index (χ4v) is 3.04. The average Bonchev–Trinajstić information content (AvgIpc) is 2.69. The van der Waals surface area contributed by atoms with Gasteiger partial charge >= 0.3 is 6.03 Å². The van der Waals surface area contributed by atoms with Crippen molar-refractivity contribution in [2.24, 2.45) is 0 Å². The van der Waals surface area contributed by atoms with Gasteiger partial charge in [0.1, 0.15) is 0 Å². The molecule has 0 fully saturated rings. The number of urea groups is 1. The molecule has 2 amide bonds. The van der Waals surface area contributed by atoms with Gasteiger partial charge < -0.3 is 15.4 Å². The second-order valence-electron chi connectivity index (χ2n) is 6.50. The summed E-state index contributed by atoms with van der Waals surface area (Å²) in [7, 11) is 1.65. The zero-order valence-corrected chi connectivity index (χ0v) is 16.0. The van der Waals surface area contributed by atoms with Crippen LogP contribution in [0.5, 0.6) is 0 Å². The molecule has 5 nitrogen and oxygen atoms in total. The largest absolute Gasteiger partial charge is 0.380 e. The van der Waals surface area contributed by atoms with E-state index in [1.54, 1.807) is 7.11 Å². The Bertz CT molecular complexity index is 921. The first-order chi connectivity index (χ1) is 13.1. The fourth-order valence-electron chi connectivity index (χ4n) is 3.04. The van der Waals surface area contributed by atoms with Crippen LogP contribution in [0, 0.1) is 6.92 Å². The number of pyridine rings is 1. The number of nitrogens with one attached hydrogen (secondary N) is 2. The van der Waals surface area contributed by atoms with Crippen molar-refractivity contribution >= 4 is 22.6 Å². The quantitative estimate of drug-likeness (QED) is 0.664. The van der Waals surface area contributed by atoms with Crippen molar-refractivity contribution in [2.75, 3.05) is 19.0 Å². The first-order valence-electron chi connectivity index (χ1n) is 9.15. The number of anilines is 1. The van der Waals surface area contributed by atoms with Crippen molar-refractivity contribution in [1.82, 2.24) is 10.3 Å². The van der Waals surface area contributed by atoms with Crippen LogP contribution in [0.3, 0.4) is 0 Å². The highest BCUT2D eigenvalue weighted by atomic mass is 16.5. The first kappa shape index (κ1) is 18.9. The molecule has 0 saturated carbocycles. The Hall–Kier alpha value is -2.92. The van der Waals surface area contributed by atoms with E-state index >= 15 is 0 Å². The summed E-state index contributed by atoms with van der Waals surface area (Å²) in [4.78, 5) is 16.8. The molecule has 1 atom stereocenters. The SMILES string of the molecule is CCC(CNC(=O)Nc1ccc2nc(C)c(-c3ccccc3)cc2c1)OC. The smallest absolute Gasteiger partial charge is 0.319 e. The summed E-state index contributed by atoms with van der Waals surface area (Å²) in [6.07, 6.45) is 0.869. The number of nitrogens with zero attached hydrogens (tertiary/aromatic N) is 1. The van der Waals surface area contributed by atoms with Gasteiger partial charge in [0.25, 0.3) is 0 Å². The van der Waals surface area contributed by atoms with E-state index in [2.05, 4.69) is 28.8 Å². The standard InChI is InChI=1S/C22H25N3O2/c1-4-19(27-3)14-23-22(26)25-18-10-11-21-17(12-18)13-20(15(2)24-21)16-8-6-5-7-9-16/h5-13,19H,4,14H2,1-3H3,(H2,23,25,26). The number of rotatable bonds is 6. The van der Waals surface area contributed by atoms with E-state index in [4.69, 9.17) is 9.72 Å². The molecule has 1 heterocycles. The van der Waals surface area contributed by atoms with E-state index in [9.17, 15) is 4.79 Å². The molecule has 3 rings (SSSR count). The molecule has 1 unspecified atom stereocenters. The number of aromatic nitrogens is 1. The van der Waals surface area contributed by atoms with Crippen LogP contribution in [0.25, 0.3) is 22.0 Å². The molecule has 1 aromatic heterocycles. The van der Waals surface area contributed by atoms with E-state index < -0.39 is 0 Å². The summed E-state index contributed by atoms with van der Waals surface area (Å²) in [5, 5.41) is 6.70. The van der Waals surface area contributed by atoms with Crippen molar-refractivity contribution in [3.8, 4) is 11.1 Å². The lowest BCUT2D eigenvalue weighted by atomic mass is 10.0. The van der Waals surface area contributed by atoms with Crippen molar-refractivity contribution in [3.63, 3.8) is 0 Å². The Morgan fingerprint density at radius 1 is 1.15 bits per heavy atom. The third-order valence-corrected chi connectivity index (χ3v) is 4.63. The van der Waals surface area contributed by atoms with Crippen LogP contribution in [-0.4, -0.2) is 30.8 Å². The maximum atomic E-state index is 12.1. The zero-order chi connectivity index (χ0) is 19.2. The third kappa shape index (κ3) is 4.63. The Morgan fingerprint density at radius 2 is 1.93 bits per heavy atom. The molecular weight excluding hydrogens is 338 g/mol. The first-order valence-corrected chi connectivity index (χ1v) is 9.15. The van der Waals surface area contributed by atoms with E-state index in [0.29, 0.717) is 6.54 Å². The molecule has 0 aliphatic rings. The maximum absolute atomic E-state index is 12.1. The predicted octanol–water partition coefficient (Wildman–Crippen LogP) is 4.76. The highest BCUT2D eigenvalue weighted by Gasteiger charge is 2.09. The molecule has 0 aliphatic carbocycles. The van der Waals surface area contributed by atoms with Crippen molar-refractivity contribution in [1.29, 1.82) is 0 Å². The monoisotopic (exact) mass is 363 g/mol. The Labute approximate surface area is 159 Å². The highest BCUT2D eigenvalue weighted by molar-refractivity contribution is 5.93. The second kappa shape index (κ2) is 8.64. The number of carbonyl (C=O) groups is 1. The lowest BCUT2D eigenvalue weighted by molar-refractivity contribution is 0.101. The number of methoxy groups -OCH3 is 1. The molecule has 2 N–H and O–H groups in total. The molecule has 5 heteroatoms. The topological polar surface area (TPSA) is 63.2 Å². The summed E-state index contributed by atoms with van der Waals surface area (Å²) in [6.45, 7) is 4.52. The summed E-state index contributed by atoms with van der Waals surface area (Å²) < 4.78 is 5.27. The fraction of sp³-hybridized carbons (Fsp3) is 0.273. The van der Waals surface area contributed by atoms with Gasteiger partial charge in [0, 0.05) is 36.0 Å². The average molecular weight is 363 g/mol. The third-order valence-electron chi connectivity index (χ3n) is 4.63. The van der Waals surface area contributed by atoms with Crippen molar-refractivity contribution < 1.29 is 9.53 Å². The molecule has 0 radical (unpaired) electrons. The summed E-state index contributed by atoms with van der Waals surface area (Å²) >= 11 is 0. The number of hydrogen-bond acceptors (Lipinski definition) is 3. The molecule has 0 spiro atoms. The number of amides is 2. The highest BCUT2D eigenvalue weighted by Crippen LogP contribution is 2.27. The molecule has 3 aromatic rings. The number of ether oxygens (including phenoxy) is 1. The number of fused-ring (bicyclic) bond motifs is 1. The van der Waals surface area contributed by atoms with Crippen LogP contribution in [0.1, 0.15) is 19.0 Å². The van der Waals surface area contributed by atoms with Gasteiger partial charge in [0.2, 0.25) is 0 Å². The lowest BCUT2D eigenvalue weighted by Crippen LogP contribution is -2.35. The zero-order valence-electron chi connectivity index (χ0n) is 16.0. The van der Waals surface area contributed by atoms with Gasteiger partial charge in [-0.05, 0) is 43.2 Å². The number of aryl methyl sites for hydroxylation is 1. The van der Waals surface area contributed by atoms with Gasteiger partial charge in [-0.25, -0.2) is 4.79 Å². The minimum Gasteiger partial charge on any atom is -0.380 e. The molecule has 0 saturated heterocycles. The van der Waals surface area contributed by atoms with Crippen molar-refractivity contribution in [2.45, 2.75) is 26.4 Å². The molecular formula is C22H25N3O2. The molecule has 27 heavy (non-hydrogen) atoms. The molecule has 0 aliphatic heterocycles. The van der Waals surface area contributed by atoms with Crippen LogP contribution < -0.4 is 10.6 Å². The Morgan fingerprint density at radius 3 is 2.63 bits per heavy atom. The summed E-state index contributed by atoms with van der Waals surface area (Å²) in [6, 6.07) is 17.8. The predicted molar refractivity (Wildman–Crippen MR) is 110 cm³/mol. The van der Waals surface area contributed by atoms with Gasteiger partial charge in [0.15, 0.2) is 0 Å². The Kier molecular flexibility index (Phi) is 6.04. The van der Waals surface area contributed by atoms with Crippen LogP contribution in [0.4, 0.5) is 10.5 Å². The van der Waals surface area contributed by atoms with E-state index in [-0.39, 0.29) is 12.1 Å². The lowest BCUT2D eigenvalue weighted by Gasteiger charge is -2.14. The van der Waals surface area contributed by atoms with Gasteiger partial charge in [-0.2, -0.15) is 0 Å². The van der Waals surface area contributed by atoms with Gasteiger partial charge in [-0.1, -0.05) is 37.3 Å². The van der Waals surface area contributed by atoms with Gasteiger partial charge in [0.05, 0.1) is 11.6 Å². The van der Waals surface area contributed by atoms with Gasteiger partial charge in [-0.3, -0.25) is 4.98 Å². The van der Waals surface area contributed by atoms with Crippen LogP contribution in [-0.2, 0) is 4.74 Å². The Balaban J connectivity index is 1.80. The minimum absolute atomic E-state index is 0.0213. The van der Waals surface area contributed by atoms with E-state index in [0.717, 1.165) is 39.8 Å². The minimum atomic E-state index is -0.242. The molecule has 0 bridgehead atoms. The van der Waals surface area contributed by atoms with Crippen LogP contribution in [0.15, 0.2) is 54.6 Å². The van der Waals surface area contributed by atoms with E-state index in [1.165, 1.54) is 0 Å². The van der Waals surface area contributed by atoms with Crippen LogP contribution >= 0.6 is 0 Å². The molecule has 2 aromatic carbocycles. The molecule has 140 valence electrons. The van der Waals surface area contributed by atoms with Gasteiger partial charge in [-0.15, -0.1) is 0 Å². The van der Waals surface area contributed by atoms with Crippen LogP contribution in [0.2, 0.25) is 0 Å². The summed E-state index contributed by atoms with van der Waals surface area (Å²) in [5.41, 5.74) is 4.84. The number of carbonyl (C=O) groups excluding carboxylic acids is 1. The number of hydrogen-bond donors (Lipinski definition) is 2. The van der Waals surface area contributed by atoms with E-state index in [1.807, 2.05) is 50.2 Å². The normalized spacial score (nSPS) is 12.0. The maximum Gasteiger partial charge on any atom is 0.319 e.